The molecule has 25 heavy (non-hydrogen) atoms. The van der Waals surface area contributed by atoms with Gasteiger partial charge in [-0.05, 0) is 17.7 Å². The van der Waals surface area contributed by atoms with Crippen LogP contribution in [0.1, 0.15) is 12.0 Å². The van der Waals surface area contributed by atoms with Gasteiger partial charge in [-0.15, -0.1) is 0 Å². The van der Waals surface area contributed by atoms with E-state index >= 15 is 0 Å². The Morgan fingerprint density at radius 1 is 1.32 bits per heavy atom. The van der Waals surface area contributed by atoms with Crippen LogP contribution in [0.2, 0.25) is 0 Å². The van der Waals surface area contributed by atoms with E-state index in [1.807, 2.05) is 0 Å². The summed E-state index contributed by atoms with van der Waals surface area (Å²) >= 11 is 0. The average Bonchev–Trinajstić information content (AvgIpc) is 3.19. The first-order valence-electron chi connectivity index (χ1n) is 7.61. The van der Waals surface area contributed by atoms with Crippen LogP contribution >= 0.6 is 0 Å². The third-order valence-corrected chi connectivity index (χ3v) is 3.75. The zero-order valence-electron chi connectivity index (χ0n) is 13.5. The van der Waals surface area contributed by atoms with E-state index in [4.69, 9.17) is 4.74 Å². The van der Waals surface area contributed by atoms with E-state index in [1.54, 1.807) is 37.6 Å². The number of imide groups is 1. The molecule has 2 aromatic rings. The standard InChI is InChI=1S/C16H17N5O4/c1-25-11-4-2-10(3-5-11)9-21-14(23)12(19-16(21)24)8-13(22)20-15-17-6-7-18-15/h2-7,12H,8-9H2,1H3,(H,19,24)(H2,17,18,20,22)/t12-/m1/s1. The molecule has 0 saturated carbocycles. The van der Waals surface area contributed by atoms with Crippen LogP contribution in [0, 0.1) is 0 Å². The number of H-pyrrole nitrogens is 1. The Balaban J connectivity index is 1.60. The number of carbonyl (C=O) groups is 3. The van der Waals surface area contributed by atoms with Crippen molar-refractivity contribution in [2.24, 2.45) is 0 Å². The fourth-order valence-electron chi connectivity index (χ4n) is 2.48. The number of aromatic nitrogens is 2. The Morgan fingerprint density at radius 3 is 2.72 bits per heavy atom. The molecule has 0 spiro atoms. The first-order chi connectivity index (χ1) is 12.1. The first-order valence-corrected chi connectivity index (χ1v) is 7.61. The lowest BCUT2D eigenvalue weighted by Crippen LogP contribution is -2.34. The van der Waals surface area contributed by atoms with E-state index in [0.29, 0.717) is 5.75 Å². The number of hydrogen-bond donors (Lipinski definition) is 3. The van der Waals surface area contributed by atoms with Crippen molar-refractivity contribution in [2.45, 2.75) is 19.0 Å². The Labute approximate surface area is 143 Å². The van der Waals surface area contributed by atoms with Crippen molar-refractivity contribution in [1.82, 2.24) is 20.2 Å². The van der Waals surface area contributed by atoms with Crippen LogP contribution < -0.4 is 15.4 Å². The zero-order chi connectivity index (χ0) is 17.8. The average molecular weight is 343 g/mol. The summed E-state index contributed by atoms with van der Waals surface area (Å²) in [5.74, 6) is 0.126. The number of amides is 4. The summed E-state index contributed by atoms with van der Waals surface area (Å²) in [7, 11) is 1.56. The van der Waals surface area contributed by atoms with Crippen molar-refractivity contribution in [3.8, 4) is 5.75 Å². The summed E-state index contributed by atoms with van der Waals surface area (Å²) in [5.41, 5.74) is 0.782. The van der Waals surface area contributed by atoms with Gasteiger partial charge in [-0.1, -0.05) is 12.1 Å². The minimum absolute atomic E-state index is 0.130. The van der Waals surface area contributed by atoms with Crippen LogP contribution in [0.5, 0.6) is 5.75 Å². The van der Waals surface area contributed by atoms with Crippen molar-refractivity contribution in [3.63, 3.8) is 0 Å². The molecule has 0 unspecified atom stereocenters. The molecule has 9 nitrogen and oxygen atoms in total. The van der Waals surface area contributed by atoms with Gasteiger partial charge in [0, 0.05) is 12.4 Å². The molecular weight excluding hydrogens is 326 g/mol. The van der Waals surface area contributed by atoms with Crippen molar-refractivity contribution >= 4 is 23.8 Å². The largest absolute Gasteiger partial charge is 0.497 e. The fraction of sp³-hybridized carbons (Fsp3) is 0.250. The molecule has 1 aliphatic rings. The summed E-state index contributed by atoms with van der Waals surface area (Å²) in [6.07, 6.45) is 2.90. The van der Waals surface area contributed by atoms with Gasteiger partial charge in [-0.2, -0.15) is 0 Å². The molecule has 4 amide bonds. The van der Waals surface area contributed by atoms with Crippen LogP contribution in [0.15, 0.2) is 36.7 Å². The Bertz CT molecular complexity index is 772. The van der Waals surface area contributed by atoms with E-state index in [0.717, 1.165) is 10.5 Å². The second-order valence-corrected chi connectivity index (χ2v) is 5.46. The van der Waals surface area contributed by atoms with Gasteiger partial charge in [-0.3, -0.25) is 19.8 Å². The zero-order valence-corrected chi connectivity index (χ0v) is 13.5. The number of anilines is 1. The number of ether oxygens (including phenoxy) is 1. The number of carbonyl (C=O) groups excluding carboxylic acids is 3. The highest BCUT2D eigenvalue weighted by Crippen LogP contribution is 2.17. The second-order valence-electron chi connectivity index (χ2n) is 5.46. The van der Waals surface area contributed by atoms with Gasteiger partial charge >= 0.3 is 6.03 Å². The molecule has 1 aromatic carbocycles. The maximum Gasteiger partial charge on any atom is 0.325 e. The molecule has 3 N–H and O–H groups in total. The normalized spacial score (nSPS) is 16.7. The summed E-state index contributed by atoms with van der Waals surface area (Å²) < 4.78 is 5.07. The Morgan fingerprint density at radius 2 is 2.08 bits per heavy atom. The van der Waals surface area contributed by atoms with E-state index < -0.39 is 23.9 Å². The lowest BCUT2D eigenvalue weighted by molar-refractivity contribution is -0.130. The number of hydrogen-bond acceptors (Lipinski definition) is 5. The monoisotopic (exact) mass is 343 g/mol. The predicted octanol–water partition coefficient (Wildman–Crippen LogP) is 0.867. The number of imidazole rings is 1. The minimum atomic E-state index is -0.888. The highest BCUT2D eigenvalue weighted by Gasteiger charge is 2.39. The van der Waals surface area contributed by atoms with Crippen molar-refractivity contribution in [2.75, 3.05) is 12.4 Å². The summed E-state index contributed by atoms with van der Waals surface area (Å²) in [6, 6.07) is 5.65. The van der Waals surface area contributed by atoms with E-state index in [1.165, 1.54) is 6.20 Å². The fourth-order valence-corrected chi connectivity index (χ4v) is 2.48. The topological polar surface area (TPSA) is 116 Å². The van der Waals surface area contributed by atoms with Gasteiger partial charge in [0.05, 0.1) is 20.1 Å². The molecule has 130 valence electrons. The molecule has 0 radical (unpaired) electrons. The highest BCUT2D eigenvalue weighted by molar-refractivity contribution is 6.06. The molecule has 2 heterocycles. The quantitative estimate of drug-likeness (QED) is 0.673. The highest BCUT2D eigenvalue weighted by atomic mass is 16.5. The molecule has 1 aliphatic heterocycles. The van der Waals surface area contributed by atoms with Crippen LogP contribution in [-0.4, -0.2) is 45.9 Å². The molecule has 3 rings (SSSR count). The third kappa shape index (κ3) is 3.77. The molecule has 9 heteroatoms. The number of nitrogens with zero attached hydrogens (tertiary/aromatic N) is 2. The number of aromatic amines is 1. The molecule has 0 bridgehead atoms. The maximum atomic E-state index is 12.4. The van der Waals surface area contributed by atoms with Crippen molar-refractivity contribution in [3.05, 3.63) is 42.2 Å². The molecule has 1 atom stereocenters. The van der Waals surface area contributed by atoms with Crippen LogP contribution in [0.25, 0.3) is 0 Å². The van der Waals surface area contributed by atoms with Gasteiger partial charge < -0.3 is 15.0 Å². The number of methoxy groups -OCH3 is 1. The van der Waals surface area contributed by atoms with Crippen LogP contribution in [0.3, 0.4) is 0 Å². The van der Waals surface area contributed by atoms with E-state index in [-0.39, 0.29) is 18.9 Å². The van der Waals surface area contributed by atoms with E-state index in [2.05, 4.69) is 20.6 Å². The predicted molar refractivity (Wildman–Crippen MR) is 87.7 cm³/mol. The minimum Gasteiger partial charge on any atom is -0.497 e. The summed E-state index contributed by atoms with van der Waals surface area (Å²) in [6.45, 7) is 0.130. The van der Waals surface area contributed by atoms with Gasteiger partial charge in [0.25, 0.3) is 5.91 Å². The second kappa shape index (κ2) is 7.04. The molecule has 1 aromatic heterocycles. The lowest BCUT2D eigenvalue weighted by atomic mass is 10.1. The van der Waals surface area contributed by atoms with Crippen LogP contribution in [0.4, 0.5) is 10.7 Å². The summed E-state index contributed by atoms with van der Waals surface area (Å²) in [5, 5.41) is 5.05. The van der Waals surface area contributed by atoms with E-state index in [9.17, 15) is 14.4 Å². The van der Waals surface area contributed by atoms with Gasteiger partial charge in [0.1, 0.15) is 11.8 Å². The molecule has 1 fully saturated rings. The summed E-state index contributed by atoms with van der Waals surface area (Å²) in [4.78, 5) is 44.1. The van der Waals surface area contributed by atoms with Gasteiger partial charge in [-0.25, -0.2) is 9.78 Å². The SMILES string of the molecule is COc1ccc(CN2C(=O)N[C@H](CC(=O)Nc3ncc[nH]3)C2=O)cc1. The van der Waals surface area contributed by atoms with Gasteiger partial charge in [0.15, 0.2) is 0 Å². The van der Waals surface area contributed by atoms with Gasteiger partial charge in [0.2, 0.25) is 11.9 Å². The molecule has 1 saturated heterocycles. The molecule has 0 aliphatic carbocycles. The Hall–Kier alpha value is -3.36. The molecular formula is C16H17N5O4. The Kier molecular flexibility index (Phi) is 4.64. The van der Waals surface area contributed by atoms with Crippen LogP contribution in [-0.2, 0) is 16.1 Å². The maximum absolute atomic E-state index is 12.4. The number of benzene rings is 1. The number of nitrogens with one attached hydrogen (secondary N) is 3. The number of urea groups is 1. The van der Waals surface area contributed by atoms with Crippen molar-refractivity contribution in [1.29, 1.82) is 0 Å². The lowest BCUT2D eigenvalue weighted by Gasteiger charge is -2.13. The first kappa shape index (κ1) is 16.5. The third-order valence-electron chi connectivity index (χ3n) is 3.75. The number of rotatable bonds is 6. The smallest absolute Gasteiger partial charge is 0.325 e. The van der Waals surface area contributed by atoms with Crippen molar-refractivity contribution < 1.29 is 19.1 Å².